The molecule has 0 bridgehead atoms. The third-order valence-corrected chi connectivity index (χ3v) is 8.78. The quantitative estimate of drug-likeness (QED) is 0.158. The van der Waals surface area contributed by atoms with E-state index in [1.807, 2.05) is 0 Å². The highest BCUT2D eigenvalue weighted by atomic mass is 31.2. The first-order valence-corrected chi connectivity index (χ1v) is 14.5. The second-order valence-electron chi connectivity index (χ2n) is 8.20. The summed E-state index contributed by atoms with van der Waals surface area (Å²) in [5.41, 5.74) is -1.89. The minimum Gasteiger partial charge on any atom is -0.494 e. The van der Waals surface area contributed by atoms with Crippen LogP contribution in [0.3, 0.4) is 0 Å². The van der Waals surface area contributed by atoms with E-state index in [1.165, 1.54) is 48.3 Å². The lowest BCUT2D eigenvalue weighted by Gasteiger charge is -2.21. The molecule has 1 amide bonds. The third kappa shape index (κ3) is 6.31. The molecule has 17 heteroatoms. The van der Waals surface area contributed by atoms with Crippen molar-refractivity contribution in [3.8, 4) is 17.1 Å². The predicted octanol–water partition coefficient (Wildman–Crippen LogP) is 2.96. The van der Waals surface area contributed by atoms with Crippen molar-refractivity contribution >= 4 is 43.6 Å². The summed E-state index contributed by atoms with van der Waals surface area (Å²) in [6.45, 7) is 2.17. The zero-order valence-corrected chi connectivity index (χ0v) is 22.2. The van der Waals surface area contributed by atoms with Gasteiger partial charge < -0.3 is 34.9 Å². The van der Waals surface area contributed by atoms with E-state index in [-0.39, 0.29) is 45.2 Å². The Morgan fingerprint density at radius 3 is 2.44 bits per heavy atom. The summed E-state index contributed by atoms with van der Waals surface area (Å²) in [7, 11) is -9.37. The number of aryl methyl sites for hydroxylation is 1. The van der Waals surface area contributed by atoms with Crippen molar-refractivity contribution in [2.24, 2.45) is 0 Å². The number of anilines is 2. The van der Waals surface area contributed by atoms with Crippen molar-refractivity contribution in [2.45, 2.75) is 19.0 Å². The van der Waals surface area contributed by atoms with E-state index in [4.69, 9.17) is 4.74 Å². The Morgan fingerprint density at radius 2 is 1.82 bits per heavy atom. The number of hydrogen-bond donors (Lipinski definition) is 6. The van der Waals surface area contributed by atoms with Crippen LogP contribution in [0.2, 0.25) is 0 Å². The maximum Gasteiger partial charge on any atom is 0.360 e. The van der Waals surface area contributed by atoms with E-state index < -0.39 is 32.4 Å². The Bertz CT molecular complexity index is 1630. The second kappa shape index (κ2) is 10.8. The molecule has 2 aromatic heterocycles. The average molecular weight is 580 g/mol. The minimum atomic E-state index is -5.34. The van der Waals surface area contributed by atoms with Crippen molar-refractivity contribution in [1.82, 2.24) is 19.7 Å². The Balaban J connectivity index is 1.73. The molecule has 0 unspecified atom stereocenters. The average Bonchev–Trinajstić information content (AvgIpc) is 3.29. The summed E-state index contributed by atoms with van der Waals surface area (Å²) < 4.78 is 44.1. The zero-order chi connectivity index (χ0) is 28.5. The number of nitrogens with one attached hydrogen (secondary N) is 2. The van der Waals surface area contributed by atoms with Gasteiger partial charge >= 0.3 is 15.2 Å². The first-order valence-electron chi connectivity index (χ1n) is 11.2. The minimum absolute atomic E-state index is 0.0113. The van der Waals surface area contributed by atoms with E-state index in [0.29, 0.717) is 6.54 Å². The lowest BCUT2D eigenvalue weighted by Crippen LogP contribution is -2.21. The molecule has 6 N–H and O–H groups in total. The van der Waals surface area contributed by atoms with Gasteiger partial charge in [0.2, 0.25) is 5.52 Å². The Morgan fingerprint density at radius 1 is 1.10 bits per heavy atom. The number of amides is 1. The molecule has 0 atom stereocenters. The standard InChI is InChI=1S/C22H23FN6O8P2/c1-3-29-11-15-19(27-22(38(31,32)33)39(34,35)36)25-18(26-20(15)28-29)12-5-4-6-13(9-12)21(30)24-14-7-8-17(37-2)16(23)10-14/h4-11,22H,3H2,1-2H3,(H,24,30)(H2,31,32,33)(H2,34,35,36)(H,25,26,27,28). The lowest BCUT2D eigenvalue weighted by molar-refractivity contribution is 0.102. The summed E-state index contributed by atoms with van der Waals surface area (Å²) in [6.07, 6.45) is 1.45. The van der Waals surface area contributed by atoms with Gasteiger partial charge in [0, 0.05) is 35.6 Å². The van der Waals surface area contributed by atoms with Gasteiger partial charge in [-0.3, -0.25) is 18.6 Å². The molecule has 206 valence electrons. The lowest BCUT2D eigenvalue weighted by atomic mass is 10.1. The Kier molecular flexibility index (Phi) is 7.84. The molecule has 4 rings (SSSR count). The van der Waals surface area contributed by atoms with Gasteiger partial charge in [0.05, 0.1) is 12.5 Å². The highest BCUT2D eigenvalue weighted by molar-refractivity contribution is 7.71. The van der Waals surface area contributed by atoms with E-state index in [2.05, 4.69) is 25.7 Å². The fourth-order valence-corrected chi connectivity index (χ4v) is 5.74. The first kappa shape index (κ1) is 28.3. The molecule has 14 nitrogen and oxygen atoms in total. The van der Waals surface area contributed by atoms with Crippen LogP contribution in [0.1, 0.15) is 17.3 Å². The number of methoxy groups -OCH3 is 1. The summed E-state index contributed by atoms with van der Waals surface area (Å²) in [5, 5.41) is 9.16. The number of carbonyl (C=O) groups excluding carboxylic acids is 1. The molecule has 0 saturated carbocycles. The maximum atomic E-state index is 14.0. The number of fused-ring (bicyclic) bond motifs is 1. The molecule has 0 fully saturated rings. The molecule has 0 aliphatic carbocycles. The van der Waals surface area contributed by atoms with Gasteiger partial charge in [-0.2, -0.15) is 5.10 Å². The van der Waals surface area contributed by atoms with Gasteiger partial charge in [-0.25, -0.2) is 14.4 Å². The number of halogens is 1. The van der Waals surface area contributed by atoms with Gasteiger partial charge in [0.1, 0.15) is 5.82 Å². The fraction of sp³-hybridized carbons (Fsp3) is 0.182. The van der Waals surface area contributed by atoms with Crippen LogP contribution in [-0.4, -0.2) is 57.9 Å². The summed E-state index contributed by atoms with van der Waals surface area (Å²) in [6, 6.07) is 9.89. The molecule has 0 saturated heterocycles. The molecule has 39 heavy (non-hydrogen) atoms. The van der Waals surface area contributed by atoms with Crippen LogP contribution in [0.25, 0.3) is 22.4 Å². The van der Waals surface area contributed by atoms with Crippen LogP contribution >= 0.6 is 15.2 Å². The fourth-order valence-electron chi connectivity index (χ4n) is 3.59. The van der Waals surface area contributed by atoms with Crippen molar-refractivity contribution in [1.29, 1.82) is 0 Å². The molecule has 2 aromatic carbocycles. The van der Waals surface area contributed by atoms with Crippen LogP contribution in [-0.2, 0) is 15.7 Å². The SMILES string of the molecule is CCn1cc2c(NC(P(=O)(O)O)P(=O)(O)O)nc(-c3cccc(C(=O)Nc4ccc(OC)c(F)c4)c3)nc2n1. The van der Waals surface area contributed by atoms with Crippen LogP contribution in [0, 0.1) is 5.82 Å². The highest BCUT2D eigenvalue weighted by Crippen LogP contribution is 2.59. The molecule has 0 aliphatic heterocycles. The predicted molar refractivity (Wildman–Crippen MR) is 139 cm³/mol. The topological polar surface area (TPSA) is 209 Å². The Labute approximate surface area is 220 Å². The monoisotopic (exact) mass is 580 g/mol. The normalized spacial score (nSPS) is 12.1. The van der Waals surface area contributed by atoms with Gasteiger partial charge in [-0.1, -0.05) is 12.1 Å². The molecular formula is C22H23FN6O8P2. The maximum absolute atomic E-state index is 14.0. The van der Waals surface area contributed by atoms with E-state index in [1.54, 1.807) is 13.0 Å². The van der Waals surface area contributed by atoms with Crippen molar-refractivity contribution < 1.29 is 42.6 Å². The largest absolute Gasteiger partial charge is 0.494 e. The number of ether oxygens (including phenoxy) is 1. The van der Waals surface area contributed by atoms with Crippen LogP contribution in [0.15, 0.2) is 48.7 Å². The van der Waals surface area contributed by atoms with Crippen LogP contribution in [0.4, 0.5) is 15.9 Å². The summed E-state index contributed by atoms with van der Waals surface area (Å²) in [5.74, 6) is -1.57. The van der Waals surface area contributed by atoms with Crippen molar-refractivity contribution in [2.75, 3.05) is 17.7 Å². The highest BCUT2D eigenvalue weighted by Gasteiger charge is 2.44. The Hall–Kier alpha value is -3.71. The van der Waals surface area contributed by atoms with Crippen molar-refractivity contribution in [3.63, 3.8) is 0 Å². The number of rotatable bonds is 9. The number of hydrogen-bond acceptors (Lipinski definition) is 8. The van der Waals surface area contributed by atoms with Crippen LogP contribution < -0.4 is 15.4 Å². The van der Waals surface area contributed by atoms with Crippen molar-refractivity contribution in [3.05, 3.63) is 60.0 Å². The van der Waals surface area contributed by atoms with E-state index in [0.717, 1.165) is 6.07 Å². The summed E-state index contributed by atoms with van der Waals surface area (Å²) >= 11 is 0. The number of carbonyl (C=O) groups is 1. The molecule has 4 aromatic rings. The summed E-state index contributed by atoms with van der Waals surface area (Å²) in [4.78, 5) is 59.7. The van der Waals surface area contributed by atoms with Gasteiger partial charge in [-0.15, -0.1) is 0 Å². The molecule has 0 aliphatic rings. The molecule has 2 heterocycles. The molecule has 0 radical (unpaired) electrons. The van der Waals surface area contributed by atoms with E-state index in [9.17, 15) is 37.9 Å². The third-order valence-electron chi connectivity index (χ3n) is 5.45. The van der Waals surface area contributed by atoms with Gasteiger partial charge in [0.25, 0.3) is 5.91 Å². The number of aromatic nitrogens is 4. The van der Waals surface area contributed by atoms with Gasteiger partial charge in [-0.05, 0) is 31.2 Å². The first-order chi connectivity index (χ1) is 18.3. The second-order valence-corrected chi connectivity index (χ2v) is 12.0. The van der Waals surface area contributed by atoms with E-state index >= 15 is 0 Å². The number of benzene rings is 2. The van der Waals surface area contributed by atoms with Gasteiger partial charge in [0.15, 0.2) is 23.0 Å². The molecular weight excluding hydrogens is 557 g/mol. The van der Waals surface area contributed by atoms with Crippen LogP contribution in [0.5, 0.6) is 5.75 Å². The zero-order valence-electron chi connectivity index (χ0n) is 20.4. The molecule has 0 spiro atoms. The smallest absolute Gasteiger partial charge is 0.360 e. The number of nitrogens with zero attached hydrogens (tertiary/aromatic N) is 4.